The van der Waals surface area contributed by atoms with E-state index in [1.54, 1.807) is 13.0 Å². The number of nitrogens with zero attached hydrogens (tertiary/aromatic N) is 1. The number of pyridine rings is 1. The minimum absolute atomic E-state index is 0.165. The van der Waals surface area contributed by atoms with Crippen LogP contribution >= 0.6 is 0 Å². The number of carbonyl (C=O) groups is 2. The molecule has 4 aromatic rings. The normalized spacial score (nSPS) is 10.9. The summed E-state index contributed by atoms with van der Waals surface area (Å²) in [5.74, 6) is -0.681. The number of para-hydroxylation sites is 1. The van der Waals surface area contributed by atoms with Crippen LogP contribution in [-0.4, -0.2) is 21.8 Å². The Morgan fingerprint density at radius 1 is 1.04 bits per heavy atom. The van der Waals surface area contributed by atoms with Crippen molar-refractivity contribution in [1.82, 2.24) is 20.8 Å². The molecule has 28 heavy (non-hydrogen) atoms. The first-order valence-electron chi connectivity index (χ1n) is 9.03. The molecule has 0 saturated heterocycles. The topological polar surface area (TPSA) is 86.9 Å². The van der Waals surface area contributed by atoms with Crippen LogP contribution in [0.3, 0.4) is 0 Å². The number of aryl methyl sites for hydroxylation is 2. The number of hydrazine groups is 1. The predicted molar refractivity (Wildman–Crippen MR) is 109 cm³/mol. The van der Waals surface area contributed by atoms with Crippen LogP contribution < -0.4 is 10.9 Å². The zero-order chi connectivity index (χ0) is 19.7. The number of hydrogen-bond acceptors (Lipinski definition) is 3. The molecule has 0 saturated carbocycles. The van der Waals surface area contributed by atoms with Crippen LogP contribution in [0.1, 0.15) is 27.2 Å². The van der Waals surface area contributed by atoms with Crippen molar-refractivity contribution in [2.45, 2.75) is 20.3 Å². The summed E-state index contributed by atoms with van der Waals surface area (Å²) in [5.41, 5.74) is 9.83. The summed E-state index contributed by atoms with van der Waals surface area (Å²) in [6.07, 6.45) is 1.98. The number of aromatic amines is 1. The van der Waals surface area contributed by atoms with Gasteiger partial charge in [0.05, 0.1) is 23.2 Å². The Morgan fingerprint density at radius 3 is 2.71 bits per heavy atom. The number of hydrogen-bond donors (Lipinski definition) is 3. The van der Waals surface area contributed by atoms with E-state index < -0.39 is 0 Å². The molecule has 0 radical (unpaired) electrons. The monoisotopic (exact) mass is 372 g/mol. The van der Waals surface area contributed by atoms with Gasteiger partial charge in [0, 0.05) is 22.5 Å². The van der Waals surface area contributed by atoms with Gasteiger partial charge >= 0.3 is 0 Å². The summed E-state index contributed by atoms with van der Waals surface area (Å²) in [7, 11) is 0. The van der Waals surface area contributed by atoms with Crippen LogP contribution in [-0.2, 0) is 11.2 Å². The van der Waals surface area contributed by atoms with Gasteiger partial charge in [-0.2, -0.15) is 0 Å². The van der Waals surface area contributed by atoms with Gasteiger partial charge in [0.2, 0.25) is 5.91 Å². The zero-order valence-corrected chi connectivity index (χ0v) is 15.7. The molecule has 140 valence electrons. The van der Waals surface area contributed by atoms with E-state index >= 15 is 0 Å². The molecule has 0 fully saturated rings. The lowest BCUT2D eigenvalue weighted by molar-refractivity contribution is -0.121. The van der Waals surface area contributed by atoms with Gasteiger partial charge in [-0.3, -0.25) is 25.4 Å². The van der Waals surface area contributed by atoms with Crippen LogP contribution in [0, 0.1) is 13.8 Å². The Balaban J connectivity index is 1.45. The number of nitrogens with one attached hydrogen (secondary N) is 3. The maximum atomic E-state index is 12.5. The lowest BCUT2D eigenvalue weighted by atomic mass is 10.1. The quantitative estimate of drug-likeness (QED) is 0.482. The first-order valence-corrected chi connectivity index (χ1v) is 9.03. The Hall–Kier alpha value is -3.67. The van der Waals surface area contributed by atoms with Crippen LogP contribution in [0.5, 0.6) is 0 Å². The molecular weight excluding hydrogens is 352 g/mol. The third-order valence-electron chi connectivity index (χ3n) is 4.75. The molecule has 2 heterocycles. The molecule has 0 spiro atoms. The minimum Gasteiger partial charge on any atom is -0.361 e. The predicted octanol–water partition coefficient (Wildman–Crippen LogP) is 3.34. The third kappa shape index (κ3) is 3.44. The lowest BCUT2D eigenvalue weighted by Gasteiger charge is -2.10. The van der Waals surface area contributed by atoms with Gasteiger partial charge in [0.15, 0.2) is 0 Å². The van der Waals surface area contributed by atoms with Gasteiger partial charge in [-0.15, -0.1) is 0 Å². The van der Waals surface area contributed by atoms with Crippen molar-refractivity contribution in [2.24, 2.45) is 0 Å². The third-order valence-corrected chi connectivity index (χ3v) is 4.75. The fourth-order valence-corrected chi connectivity index (χ4v) is 3.29. The highest BCUT2D eigenvalue weighted by atomic mass is 16.2. The number of benzene rings is 2. The van der Waals surface area contributed by atoms with Gasteiger partial charge in [0.1, 0.15) is 0 Å². The first kappa shape index (κ1) is 17.7. The molecule has 6 heteroatoms. The van der Waals surface area contributed by atoms with E-state index in [0.29, 0.717) is 11.3 Å². The summed E-state index contributed by atoms with van der Waals surface area (Å²) < 4.78 is 0. The molecule has 4 rings (SSSR count). The molecule has 0 bridgehead atoms. The van der Waals surface area contributed by atoms with Crippen LogP contribution in [0.4, 0.5) is 0 Å². The highest BCUT2D eigenvalue weighted by Gasteiger charge is 2.14. The summed E-state index contributed by atoms with van der Waals surface area (Å²) in [6.45, 7) is 3.78. The Labute approximate surface area is 161 Å². The SMILES string of the molecule is Cc1ccc2cc(C(=O)NNC(=O)Cc3c[nH]c4ccccc34)c(C)nc2c1. The second-order valence-electron chi connectivity index (χ2n) is 6.86. The summed E-state index contributed by atoms with van der Waals surface area (Å²) in [5, 5.41) is 1.88. The van der Waals surface area contributed by atoms with Crippen LogP contribution in [0.15, 0.2) is 54.7 Å². The van der Waals surface area contributed by atoms with Crippen molar-refractivity contribution >= 4 is 33.6 Å². The van der Waals surface area contributed by atoms with Crippen molar-refractivity contribution in [1.29, 1.82) is 0 Å². The highest BCUT2D eigenvalue weighted by molar-refractivity contribution is 5.99. The average Bonchev–Trinajstić information content (AvgIpc) is 3.08. The standard InChI is InChI=1S/C22H20N4O2/c1-13-7-8-15-10-18(14(2)24-20(15)9-13)22(28)26-25-21(27)11-16-12-23-19-6-4-3-5-17(16)19/h3-10,12,23H,11H2,1-2H3,(H,25,27)(H,26,28). The van der Waals surface area contributed by atoms with E-state index in [0.717, 1.165) is 32.9 Å². The fraction of sp³-hybridized carbons (Fsp3) is 0.136. The van der Waals surface area contributed by atoms with E-state index in [1.165, 1.54) is 0 Å². The molecular formula is C22H20N4O2. The van der Waals surface area contributed by atoms with Crippen LogP contribution in [0.25, 0.3) is 21.8 Å². The number of aromatic nitrogens is 2. The molecule has 3 N–H and O–H groups in total. The summed E-state index contributed by atoms with van der Waals surface area (Å²) in [4.78, 5) is 32.4. The number of amides is 2. The Bertz CT molecular complexity index is 1210. The maximum absolute atomic E-state index is 12.5. The largest absolute Gasteiger partial charge is 0.361 e. The summed E-state index contributed by atoms with van der Waals surface area (Å²) in [6, 6.07) is 15.5. The van der Waals surface area contributed by atoms with E-state index in [4.69, 9.17) is 0 Å². The lowest BCUT2D eigenvalue weighted by Crippen LogP contribution is -2.42. The average molecular weight is 372 g/mol. The molecule has 6 nitrogen and oxygen atoms in total. The number of fused-ring (bicyclic) bond motifs is 2. The van der Waals surface area contributed by atoms with Crippen LogP contribution in [0.2, 0.25) is 0 Å². The molecule has 0 aliphatic heterocycles. The second kappa shape index (κ2) is 7.15. The van der Waals surface area contributed by atoms with Crippen molar-refractivity contribution < 1.29 is 9.59 Å². The minimum atomic E-state index is -0.389. The molecule has 2 amide bonds. The maximum Gasteiger partial charge on any atom is 0.271 e. The number of carbonyl (C=O) groups excluding carboxylic acids is 2. The van der Waals surface area contributed by atoms with Gasteiger partial charge in [-0.1, -0.05) is 30.3 Å². The highest BCUT2D eigenvalue weighted by Crippen LogP contribution is 2.19. The van der Waals surface area contributed by atoms with Crippen molar-refractivity contribution in [2.75, 3.05) is 0 Å². The van der Waals surface area contributed by atoms with Gasteiger partial charge in [0.25, 0.3) is 5.91 Å². The van der Waals surface area contributed by atoms with E-state index in [1.807, 2.05) is 55.6 Å². The number of H-pyrrole nitrogens is 1. The fourth-order valence-electron chi connectivity index (χ4n) is 3.29. The first-order chi connectivity index (χ1) is 13.5. The van der Waals surface area contributed by atoms with E-state index in [2.05, 4.69) is 20.8 Å². The van der Waals surface area contributed by atoms with E-state index in [9.17, 15) is 9.59 Å². The van der Waals surface area contributed by atoms with Crippen molar-refractivity contribution in [3.63, 3.8) is 0 Å². The zero-order valence-electron chi connectivity index (χ0n) is 15.7. The number of rotatable bonds is 3. The molecule has 0 atom stereocenters. The van der Waals surface area contributed by atoms with Crippen molar-refractivity contribution in [3.8, 4) is 0 Å². The van der Waals surface area contributed by atoms with Crippen molar-refractivity contribution in [3.05, 3.63) is 77.1 Å². The van der Waals surface area contributed by atoms with E-state index in [-0.39, 0.29) is 18.2 Å². The molecule has 0 aliphatic rings. The summed E-state index contributed by atoms with van der Waals surface area (Å²) >= 11 is 0. The van der Waals surface area contributed by atoms with Gasteiger partial charge < -0.3 is 4.98 Å². The Kier molecular flexibility index (Phi) is 4.53. The molecule has 2 aromatic heterocycles. The molecule has 2 aromatic carbocycles. The molecule has 0 aliphatic carbocycles. The molecule has 0 unspecified atom stereocenters. The Morgan fingerprint density at radius 2 is 1.86 bits per heavy atom. The van der Waals surface area contributed by atoms with Gasteiger partial charge in [-0.25, -0.2) is 0 Å². The second-order valence-corrected chi connectivity index (χ2v) is 6.86. The van der Waals surface area contributed by atoms with Gasteiger partial charge in [-0.05, 0) is 43.2 Å². The smallest absolute Gasteiger partial charge is 0.271 e.